The molecule has 0 radical (unpaired) electrons. The number of phenolic OH excluding ortho intramolecular Hbond substituents is 1. The van der Waals surface area contributed by atoms with E-state index in [2.05, 4.69) is 24.5 Å². The van der Waals surface area contributed by atoms with E-state index in [4.69, 9.17) is 0 Å². The molecule has 1 atom stereocenters. The molecule has 1 aromatic carbocycles. The van der Waals surface area contributed by atoms with Crippen molar-refractivity contribution in [1.82, 2.24) is 10.0 Å². The van der Waals surface area contributed by atoms with Crippen LogP contribution < -0.4 is 19.7 Å². The Morgan fingerprint density at radius 2 is 2.20 bits per heavy atom. The third-order valence-electron chi connectivity index (χ3n) is 4.14. The summed E-state index contributed by atoms with van der Waals surface area (Å²) in [6.45, 7) is 5.05. The lowest BCUT2D eigenvalue weighted by Crippen LogP contribution is -2.33. The molecule has 1 saturated heterocycles. The molecule has 0 saturated carbocycles. The second kappa shape index (κ2) is 6.34. The van der Waals surface area contributed by atoms with Crippen LogP contribution in [0.25, 0.3) is 0 Å². The fourth-order valence-electron chi connectivity index (χ4n) is 3.06. The van der Waals surface area contributed by atoms with E-state index in [0.29, 0.717) is 34.4 Å². The number of fused-ring (bicyclic) bond motifs is 1. The molecule has 10 heteroatoms. The lowest BCUT2D eigenvalue weighted by atomic mass is 10.1. The largest absolute Gasteiger partial charge is 0.506 e. The zero-order valence-corrected chi connectivity index (χ0v) is 14.8. The smallest absolute Gasteiger partial charge is 0.326 e. The molecule has 3 rings (SSSR count). The van der Waals surface area contributed by atoms with Crippen LogP contribution in [0, 0.1) is 11.7 Å². The van der Waals surface area contributed by atoms with Crippen molar-refractivity contribution >= 4 is 27.5 Å². The highest BCUT2D eigenvalue weighted by Gasteiger charge is 2.39. The number of rotatable bonds is 5. The number of aromatic hydroxyl groups is 1. The van der Waals surface area contributed by atoms with Crippen LogP contribution in [0.2, 0.25) is 0 Å². The van der Waals surface area contributed by atoms with E-state index in [0.717, 1.165) is 6.54 Å². The number of amides is 1. The van der Waals surface area contributed by atoms with Crippen molar-refractivity contribution in [1.29, 1.82) is 0 Å². The Morgan fingerprint density at radius 1 is 1.48 bits per heavy atom. The third-order valence-corrected chi connectivity index (χ3v) is 5.52. The monoisotopic (exact) mass is 372 g/mol. The molecule has 1 fully saturated rings. The second-order valence-corrected chi connectivity index (χ2v) is 8.31. The summed E-state index contributed by atoms with van der Waals surface area (Å²) in [5.74, 6) is -1.64. The Labute approximate surface area is 145 Å². The van der Waals surface area contributed by atoms with Gasteiger partial charge in [-0.05, 0) is 18.9 Å². The lowest BCUT2D eigenvalue weighted by Gasteiger charge is -2.18. The average molecular weight is 372 g/mol. The van der Waals surface area contributed by atoms with Crippen LogP contribution in [-0.4, -0.2) is 45.1 Å². The van der Waals surface area contributed by atoms with E-state index in [-0.39, 0.29) is 6.04 Å². The maximum Gasteiger partial charge on any atom is 0.326 e. The lowest BCUT2D eigenvalue weighted by molar-refractivity contribution is -0.117. The van der Waals surface area contributed by atoms with E-state index < -0.39 is 39.9 Å². The van der Waals surface area contributed by atoms with Crippen LogP contribution in [-0.2, 0) is 21.4 Å². The van der Waals surface area contributed by atoms with Crippen LogP contribution in [0.3, 0.4) is 0 Å². The van der Waals surface area contributed by atoms with E-state index in [1.54, 1.807) is 4.72 Å². The first-order valence-corrected chi connectivity index (χ1v) is 9.48. The Hall–Kier alpha value is -2.07. The predicted molar refractivity (Wildman–Crippen MR) is 91.3 cm³/mol. The van der Waals surface area contributed by atoms with Gasteiger partial charge < -0.3 is 15.7 Å². The van der Waals surface area contributed by atoms with Crippen LogP contribution in [0.4, 0.5) is 15.8 Å². The highest BCUT2D eigenvalue weighted by Crippen LogP contribution is 2.41. The fourth-order valence-corrected chi connectivity index (χ4v) is 4.23. The molecule has 2 heterocycles. The molecule has 0 spiro atoms. The number of carbonyl (C=O) groups is 1. The summed E-state index contributed by atoms with van der Waals surface area (Å²) in [6, 6.07) is 1.24. The highest BCUT2D eigenvalue weighted by atomic mass is 32.2. The molecule has 1 amide bonds. The summed E-state index contributed by atoms with van der Waals surface area (Å²) in [7, 11) is -4.19. The minimum absolute atomic E-state index is 0.0622. The van der Waals surface area contributed by atoms with Gasteiger partial charge in [-0.1, -0.05) is 13.8 Å². The van der Waals surface area contributed by atoms with Gasteiger partial charge in [0.1, 0.15) is 18.0 Å². The summed E-state index contributed by atoms with van der Waals surface area (Å²) in [5.41, 5.74) is 0.249. The van der Waals surface area contributed by atoms with Crippen molar-refractivity contribution in [3.05, 3.63) is 17.4 Å². The first-order valence-electron chi connectivity index (χ1n) is 8.04. The standard InChI is InChI=1S/C15H21FN4O4S/c1-8(2)5-17-6-9-3-10-11(18-9)4-12(21)15(14(10)16)20-7-13(22)19-25(20,23)24/h4,8-9,17-18,21H,3,5-7H2,1-2H3,(H,19,22)/t9-/m1/s1. The van der Waals surface area contributed by atoms with E-state index in [1.807, 2.05) is 0 Å². The number of nitrogens with one attached hydrogen (secondary N) is 3. The summed E-state index contributed by atoms with van der Waals surface area (Å²) >= 11 is 0. The maximum absolute atomic E-state index is 14.9. The molecule has 1 aromatic rings. The minimum Gasteiger partial charge on any atom is -0.506 e. The Kier molecular flexibility index (Phi) is 4.50. The van der Waals surface area contributed by atoms with Crippen LogP contribution >= 0.6 is 0 Å². The van der Waals surface area contributed by atoms with Gasteiger partial charge >= 0.3 is 10.2 Å². The van der Waals surface area contributed by atoms with E-state index in [9.17, 15) is 22.7 Å². The van der Waals surface area contributed by atoms with Gasteiger partial charge in [0.2, 0.25) is 0 Å². The van der Waals surface area contributed by atoms with Gasteiger partial charge in [-0.15, -0.1) is 0 Å². The average Bonchev–Trinajstić information content (AvgIpc) is 2.99. The number of hydrogen-bond donors (Lipinski definition) is 4. The molecule has 25 heavy (non-hydrogen) atoms. The number of halogens is 1. The molecule has 0 aromatic heterocycles. The quantitative estimate of drug-likeness (QED) is 0.592. The van der Waals surface area contributed by atoms with Gasteiger partial charge in [-0.2, -0.15) is 8.42 Å². The van der Waals surface area contributed by atoms with Gasteiger partial charge in [0.25, 0.3) is 5.91 Å². The van der Waals surface area contributed by atoms with E-state index >= 15 is 0 Å². The van der Waals surface area contributed by atoms with Crippen LogP contribution in [0.1, 0.15) is 19.4 Å². The number of phenols is 1. The Morgan fingerprint density at radius 3 is 2.80 bits per heavy atom. The normalized spacial score (nSPS) is 21.4. The van der Waals surface area contributed by atoms with E-state index in [1.165, 1.54) is 6.07 Å². The SMILES string of the molecule is CC(C)CNC[C@H]1Cc2c(cc(O)c(N3CC(=O)NS3(=O)=O)c2F)N1. The summed E-state index contributed by atoms with van der Waals surface area (Å²) in [4.78, 5) is 11.4. The molecule has 138 valence electrons. The maximum atomic E-state index is 14.9. The topological polar surface area (TPSA) is 111 Å². The summed E-state index contributed by atoms with van der Waals surface area (Å²) in [6.07, 6.45) is 0.356. The zero-order chi connectivity index (χ0) is 18.4. The minimum atomic E-state index is -4.19. The number of hydrogen-bond acceptors (Lipinski definition) is 6. The zero-order valence-electron chi connectivity index (χ0n) is 14.0. The second-order valence-electron chi connectivity index (χ2n) is 6.72. The van der Waals surface area contributed by atoms with Crippen molar-refractivity contribution in [2.75, 3.05) is 29.3 Å². The molecule has 2 aliphatic rings. The van der Waals surface area contributed by atoms with Crippen LogP contribution in [0.5, 0.6) is 5.75 Å². The summed E-state index contributed by atoms with van der Waals surface area (Å²) < 4.78 is 41.1. The van der Waals surface area contributed by atoms with Gasteiger partial charge in [0, 0.05) is 29.9 Å². The molecule has 8 nitrogen and oxygen atoms in total. The van der Waals surface area contributed by atoms with Gasteiger partial charge in [-0.25, -0.2) is 13.4 Å². The molecule has 2 aliphatic heterocycles. The van der Waals surface area contributed by atoms with Crippen molar-refractivity contribution < 1.29 is 22.7 Å². The van der Waals surface area contributed by atoms with Crippen molar-refractivity contribution in [2.24, 2.45) is 5.92 Å². The number of anilines is 2. The number of benzene rings is 1. The Balaban J connectivity index is 1.86. The van der Waals surface area contributed by atoms with Gasteiger partial charge in [0.05, 0.1) is 0 Å². The third kappa shape index (κ3) is 3.36. The van der Waals surface area contributed by atoms with Crippen molar-refractivity contribution in [2.45, 2.75) is 26.3 Å². The van der Waals surface area contributed by atoms with Crippen molar-refractivity contribution in [3.8, 4) is 5.75 Å². The Bertz CT molecular complexity index is 812. The van der Waals surface area contributed by atoms with Gasteiger partial charge in [0.15, 0.2) is 5.82 Å². The highest BCUT2D eigenvalue weighted by molar-refractivity contribution is 7.92. The predicted octanol–water partition coefficient (Wildman–Crippen LogP) is 0.294. The molecular formula is C15H21FN4O4S. The molecule has 0 bridgehead atoms. The molecule has 0 aliphatic carbocycles. The number of nitrogens with zero attached hydrogens (tertiary/aromatic N) is 1. The fraction of sp³-hybridized carbons (Fsp3) is 0.533. The van der Waals surface area contributed by atoms with Crippen LogP contribution in [0.15, 0.2) is 6.07 Å². The first kappa shape index (κ1) is 17.7. The number of carbonyl (C=O) groups excluding carboxylic acids is 1. The van der Waals surface area contributed by atoms with Crippen molar-refractivity contribution in [3.63, 3.8) is 0 Å². The summed E-state index contributed by atoms with van der Waals surface area (Å²) in [5, 5.41) is 16.5. The van der Waals surface area contributed by atoms with Gasteiger partial charge in [-0.3, -0.25) is 4.79 Å². The molecule has 0 unspecified atom stereocenters. The molecular weight excluding hydrogens is 351 g/mol. The molecule has 4 N–H and O–H groups in total. The first-order chi connectivity index (χ1) is 11.7.